The first-order valence-electron chi connectivity index (χ1n) is 6.19. The number of carboxylic acids is 1. The molecule has 0 saturated carbocycles. The van der Waals surface area contributed by atoms with E-state index in [0.29, 0.717) is 17.1 Å². The van der Waals surface area contributed by atoms with Gasteiger partial charge in [0.1, 0.15) is 17.0 Å². The van der Waals surface area contributed by atoms with Gasteiger partial charge in [0.05, 0.1) is 12.8 Å². The molecule has 0 bridgehead atoms. The Bertz CT molecular complexity index is 697. The number of rotatable bonds is 4. The summed E-state index contributed by atoms with van der Waals surface area (Å²) in [6.07, 6.45) is 0. The number of methoxy groups -OCH3 is 1. The predicted molar refractivity (Wildman–Crippen MR) is 74.0 cm³/mol. The van der Waals surface area contributed by atoms with Crippen LogP contribution >= 0.6 is 0 Å². The lowest BCUT2D eigenvalue weighted by atomic mass is 10.1. The molecular weight excluding hydrogens is 260 g/mol. The molecule has 1 heterocycles. The summed E-state index contributed by atoms with van der Waals surface area (Å²) in [5.74, 6) is -0.851. The van der Waals surface area contributed by atoms with E-state index in [9.17, 15) is 14.7 Å². The molecule has 20 heavy (non-hydrogen) atoms. The molecule has 2 rings (SSSR count). The standard InChI is InChI=1S/C14H16N2O4/c1-8(2)12-11(14(18)19)13(17)16(15-12)9-6-4-5-7-10(9)20-3/h4-8,15H,1-3H3,(H,18,19). The minimum atomic E-state index is -1.23. The largest absolute Gasteiger partial charge is 0.494 e. The first-order chi connectivity index (χ1) is 9.47. The molecular formula is C14H16N2O4. The zero-order valence-electron chi connectivity index (χ0n) is 11.5. The van der Waals surface area contributed by atoms with Crippen LogP contribution < -0.4 is 10.3 Å². The van der Waals surface area contributed by atoms with Crippen LogP contribution in [-0.2, 0) is 0 Å². The Hall–Kier alpha value is -2.50. The van der Waals surface area contributed by atoms with Crippen LogP contribution in [0.1, 0.15) is 35.8 Å². The average molecular weight is 276 g/mol. The summed E-state index contributed by atoms with van der Waals surface area (Å²) in [6, 6.07) is 6.92. The Morgan fingerprint density at radius 2 is 2.00 bits per heavy atom. The molecule has 2 aromatic rings. The van der Waals surface area contributed by atoms with Crippen LogP contribution in [0, 0.1) is 0 Å². The molecule has 0 aliphatic heterocycles. The monoisotopic (exact) mass is 276 g/mol. The van der Waals surface area contributed by atoms with Crippen molar-refractivity contribution in [2.45, 2.75) is 19.8 Å². The molecule has 0 fully saturated rings. The summed E-state index contributed by atoms with van der Waals surface area (Å²) in [5.41, 5.74) is 0.0550. The maximum atomic E-state index is 12.3. The van der Waals surface area contributed by atoms with E-state index in [2.05, 4.69) is 5.10 Å². The normalized spacial score (nSPS) is 10.8. The molecule has 1 aromatic carbocycles. The van der Waals surface area contributed by atoms with Gasteiger partial charge < -0.3 is 9.84 Å². The van der Waals surface area contributed by atoms with Crippen molar-refractivity contribution in [3.8, 4) is 11.4 Å². The van der Waals surface area contributed by atoms with E-state index in [0.717, 1.165) is 0 Å². The van der Waals surface area contributed by atoms with Gasteiger partial charge in [-0.25, -0.2) is 9.48 Å². The molecule has 0 aliphatic carbocycles. The third-order valence-electron chi connectivity index (χ3n) is 3.04. The third-order valence-corrected chi connectivity index (χ3v) is 3.04. The molecule has 0 spiro atoms. The zero-order chi connectivity index (χ0) is 14.9. The number of hydrogen-bond donors (Lipinski definition) is 2. The summed E-state index contributed by atoms with van der Waals surface area (Å²) >= 11 is 0. The third kappa shape index (κ3) is 2.20. The van der Waals surface area contributed by atoms with E-state index < -0.39 is 11.5 Å². The van der Waals surface area contributed by atoms with Crippen LogP contribution in [0.15, 0.2) is 29.1 Å². The van der Waals surface area contributed by atoms with Gasteiger partial charge in [0.15, 0.2) is 0 Å². The van der Waals surface area contributed by atoms with Gasteiger partial charge in [0, 0.05) is 0 Å². The second kappa shape index (κ2) is 5.24. The number of aromatic amines is 1. The number of para-hydroxylation sites is 2. The van der Waals surface area contributed by atoms with Crippen molar-refractivity contribution in [1.82, 2.24) is 9.78 Å². The van der Waals surface area contributed by atoms with Gasteiger partial charge in [0.2, 0.25) is 0 Å². The Morgan fingerprint density at radius 1 is 1.35 bits per heavy atom. The van der Waals surface area contributed by atoms with Gasteiger partial charge in [-0.1, -0.05) is 26.0 Å². The van der Waals surface area contributed by atoms with E-state index in [1.54, 1.807) is 24.3 Å². The summed E-state index contributed by atoms with van der Waals surface area (Å²) in [5, 5.41) is 12.1. The number of H-pyrrole nitrogens is 1. The second-order valence-electron chi connectivity index (χ2n) is 4.67. The summed E-state index contributed by atoms with van der Waals surface area (Å²) in [4.78, 5) is 23.6. The van der Waals surface area contributed by atoms with Crippen LogP contribution in [0.3, 0.4) is 0 Å². The summed E-state index contributed by atoms with van der Waals surface area (Å²) in [7, 11) is 1.49. The van der Waals surface area contributed by atoms with Crippen molar-refractivity contribution < 1.29 is 14.6 Å². The van der Waals surface area contributed by atoms with Crippen molar-refractivity contribution in [3.05, 3.63) is 45.9 Å². The van der Waals surface area contributed by atoms with Gasteiger partial charge in [-0.2, -0.15) is 0 Å². The summed E-state index contributed by atoms with van der Waals surface area (Å²) < 4.78 is 6.40. The highest BCUT2D eigenvalue weighted by Crippen LogP contribution is 2.22. The highest BCUT2D eigenvalue weighted by Gasteiger charge is 2.23. The highest BCUT2D eigenvalue weighted by molar-refractivity contribution is 5.88. The molecule has 0 radical (unpaired) electrons. The number of aromatic carboxylic acids is 1. The van der Waals surface area contributed by atoms with Crippen molar-refractivity contribution in [3.63, 3.8) is 0 Å². The van der Waals surface area contributed by atoms with Crippen LogP contribution in [-0.4, -0.2) is 28.0 Å². The van der Waals surface area contributed by atoms with Gasteiger partial charge in [-0.05, 0) is 18.1 Å². The Labute approximate surface area is 115 Å². The lowest BCUT2D eigenvalue weighted by Gasteiger charge is -2.08. The quantitative estimate of drug-likeness (QED) is 0.894. The number of nitrogens with zero attached hydrogens (tertiary/aromatic N) is 1. The van der Waals surface area contributed by atoms with Crippen LogP contribution in [0.5, 0.6) is 5.75 Å². The number of aromatic nitrogens is 2. The van der Waals surface area contributed by atoms with Gasteiger partial charge in [-0.15, -0.1) is 0 Å². The summed E-state index contributed by atoms with van der Waals surface area (Å²) in [6.45, 7) is 3.65. The minimum absolute atomic E-state index is 0.107. The number of carboxylic acid groups (broad SMARTS) is 1. The van der Waals surface area contributed by atoms with Crippen molar-refractivity contribution in [2.24, 2.45) is 0 Å². The fourth-order valence-corrected chi connectivity index (χ4v) is 2.06. The maximum Gasteiger partial charge on any atom is 0.343 e. The number of hydrogen-bond acceptors (Lipinski definition) is 3. The molecule has 0 amide bonds. The van der Waals surface area contributed by atoms with Gasteiger partial charge in [0.25, 0.3) is 5.56 Å². The molecule has 0 atom stereocenters. The lowest BCUT2D eigenvalue weighted by Crippen LogP contribution is -2.20. The molecule has 6 heteroatoms. The molecule has 0 saturated heterocycles. The van der Waals surface area contributed by atoms with Crippen molar-refractivity contribution >= 4 is 5.97 Å². The first-order valence-corrected chi connectivity index (χ1v) is 6.19. The van der Waals surface area contributed by atoms with Crippen molar-refractivity contribution in [2.75, 3.05) is 7.11 Å². The minimum Gasteiger partial charge on any atom is -0.494 e. The Morgan fingerprint density at radius 3 is 2.50 bits per heavy atom. The van der Waals surface area contributed by atoms with Crippen LogP contribution in [0.2, 0.25) is 0 Å². The second-order valence-corrected chi connectivity index (χ2v) is 4.67. The fourth-order valence-electron chi connectivity index (χ4n) is 2.06. The number of ether oxygens (including phenoxy) is 1. The van der Waals surface area contributed by atoms with E-state index in [-0.39, 0.29) is 11.5 Å². The number of nitrogens with one attached hydrogen (secondary N) is 1. The van der Waals surface area contributed by atoms with Gasteiger partial charge >= 0.3 is 5.97 Å². The zero-order valence-corrected chi connectivity index (χ0v) is 11.5. The Balaban J connectivity index is 2.73. The van der Waals surface area contributed by atoms with Crippen LogP contribution in [0.4, 0.5) is 0 Å². The molecule has 106 valence electrons. The molecule has 0 aliphatic rings. The molecule has 0 unspecified atom stereocenters. The SMILES string of the molecule is COc1ccccc1-n1[nH]c(C(C)C)c(C(=O)O)c1=O. The lowest BCUT2D eigenvalue weighted by molar-refractivity contribution is 0.0694. The highest BCUT2D eigenvalue weighted by atomic mass is 16.5. The number of benzene rings is 1. The Kier molecular flexibility index (Phi) is 3.65. The van der Waals surface area contributed by atoms with E-state index >= 15 is 0 Å². The molecule has 6 nitrogen and oxygen atoms in total. The van der Waals surface area contributed by atoms with E-state index in [4.69, 9.17) is 4.74 Å². The molecule has 1 aromatic heterocycles. The van der Waals surface area contributed by atoms with Crippen molar-refractivity contribution in [1.29, 1.82) is 0 Å². The van der Waals surface area contributed by atoms with Crippen LogP contribution in [0.25, 0.3) is 5.69 Å². The molecule has 2 N–H and O–H groups in total. The predicted octanol–water partition coefficient (Wildman–Crippen LogP) is 2.00. The van der Waals surface area contributed by atoms with E-state index in [1.807, 2.05) is 13.8 Å². The number of carbonyl (C=O) groups is 1. The average Bonchev–Trinajstić information content (AvgIpc) is 2.76. The van der Waals surface area contributed by atoms with Gasteiger partial charge in [-0.3, -0.25) is 9.89 Å². The maximum absolute atomic E-state index is 12.3. The van der Waals surface area contributed by atoms with E-state index in [1.165, 1.54) is 11.8 Å². The fraction of sp³-hybridized carbons (Fsp3) is 0.286. The topological polar surface area (TPSA) is 84.3 Å². The first kappa shape index (κ1) is 13.9. The smallest absolute Gasteiger partial charge is 0.343 e.